The van der Waals surface area contributed by atoms with E-state index in [2.05, 4.69) is 41.9 Å². The molecule has 402 valence electrons. The van der Waals surface area contributed by atoms with Crippen molar-refractivity contribution >= 4 is 64.1 Å². The fraction of sp³-hybridized carbons (Fsp3) is 0.600. The maximum atomic E-state index is 14.1. The second-order valence-corrected chi connectivity index (χ2v) is 20.1. The van der Waals surface area contributed by atoms with E-state index in [0.717, 1.165) is 41.5 Å². The highest BCUT2D eigenvalue weighted by atomic mass is 16.3. The van der Waals surface area contributed by atoms with Crippen LogP contribution in [-0.4, -0.2) is 140 Å². The highest BCUT2D eigenvalue weighted by molar-refractivity contribution is 5.96. The van der Waals surface area contributed by atoms with E-state index >= 15 is 0 Å². The van der Waals surface area contributed by atoms with Gasteiger partial charge in [0.25, 0.3) is 0 Å². The molecule has 4 rings (SSSR count). The van der Waals surface area contributed by atoms with E-state index in [4.69, 9.17) is 17.2 Å². The smallest absolute Gasteiger partial charge is 0.245 e. The first-order chi connectivity index (χ1) is 34.4. The zero-order valence-electron chi connectivity index (χ0n) is 43.1. The van der Waals surface area contributed by atoms with Crippen molar-refractivity contribution in [2.45, 2.75) is 154 Å². The van der Waals surface area contributed by atoms with Gasteiger partial charge in [0.2, 0.25) is 53.2 Å². The lowest BCUT2D eigenvalue weighted by atomic mass is 9.95. The van der Waals surface area contributed by atoms with Crippen LogP contribution in [0.15, 0.2) is 43.0 Å². The number of aromatic nitrogens is 3. The monoisotopic (exact) mass is 1020 g/mol. The number of rotatable bonds is 29. The summed E-state index contributed by atoms with van der Waals surface area (Å²) in [5.74, 6) is -6.46. The number of aryl methyl sites for hydroxylation is 1. The molecule has 0 spiro atoms. The maximum Gasteiger partial charge on any atom is 0.245 e. The summed E-state index contributed by atoms with van der Waals surface area (Å²) in [6, 6.07) is -0.518. The van der Waals surface area contributed by atoms with Crippen molar-refractivity contribution in [3.63, 3.8) is 0 Å². The number of carbonyl (C=O) groups excluding carboxylic acids is 9. The molecule has 0 bridgehead atoms. The molecule has 1 aliphatic carbocycles. The Hall–Kier alpha value is -6.88. The molecule has 0 radical (unpaired) electrons. The second-order valence-electron chi connectivity index (χ2n) is 20.1. The Balaban J connectivity index is 1.42. The lowest BCUT2D eigenvalue weighted by molar-refractivity contribution is -0.140. The zero-order chi connectivity index (χ0) is 54.1. The van der Waals surface area contributed by atoms with Gasteiger partial charge in [0.05, 0.1) is 37.5 Å². The fourth-order valence-corrected chi connectivity index (χ4v) is 8.89. The van der Waals surface area contributed by atoms with Crippen molar-refractivity contribution in [2.24, 2.45) is 42.0 Å². The number of imidazole rings is 1. The van der Waals surface area contributed by atoms with E-state index in [0.29, 0.717) is 17.7 Å². The summed E-state index contributed by atoms with van der Waals surface area (Å²) in [6.45, 7) is 7.97. The number of hydrogen-bond donors (Lipinski definition) is 11. The third-order valence-corrected chi connectivity index (χ3v) is 13.1. The lowest BCUT2D eigenvalue weighted by Crippen LogP contribution is -2.59. The van der Waals surface area contributed by atoms with Gasteiger partial charge >= 0.3 is 0 Å². The molecule has 3 aromatic rings. The predicted octanol–water partition coefficient (Wildman–Crippen LogP) is -0.815. The number of aromatic amines is 1. The summed E-state index contributed by atoms with van der Waals surface area (Å²) < 4.78 is 1.66. The molecule has 8 atom stereocenters. The average molecular weight is 1020 g/mol. The van der Waals surface area contributed by atoms with Crippen LogP contribution in [0.3, 0.4) is 0 Å². The van der Waals surface area contributed by atoms with Crippen molar-refractivity contribution in [1.29, 1.82) is 0 Å². The van der Waals surface area contributed by atoms with Crippen LogP contribution in [0, 0.1) is 17.8 Å². The summed E-state index contributed by atoms with van der Waals surface area (Å²) in [7, 11) is 3.07. The number of aliphatic hydroxyl groups is 1. The number of nitrogens with zero attached hydrogens (tertiary/aromatic N) is 3. The number of likely N-dealkylation sites (N-methyl/N-ethyl adjacent to an activating group) is 1. The Labute approximate surface area is 426 Å². The van der Waals surface area contributed by atoms with Crippen LogP contribution in [0.2, 0.25) is 0 Å². The van der Waals surface area contributed by atoms with E-state index < -0.39 is 120 Å². The van der Waals surface area contributed by atoms with Crippen LogP contribution in [0.4, 0.5) is 0 Å². The van der Waals surface area contributed by atoms with Crippen molar-refractivity contribution < 1.29 is 48.3 Å². The quantitative estimate of drug-likeness (QED) is 0.0407. The summed E-state index contributed by atoms with van der Waals surface area (Å²) >= 11 is 0. The second kappa shape index (κ2) is 27.8. The number of hydrogen-bond acceptors (Lipinski definition) is 12. The van der Waals surface area contributed by atoms with Crippen LogP contribution in [0.1, 0.15) is 104 Å². The molecule has 73 heavy (non-hydrogen) atoms. The molecule has 14 N–H and O–H groups in total. The molecule has 9 amide bonds. The van der Waals surface area contributed by atoms with Crippen LogP contribution >= 0.6 is 0 Å². The number of primary amides is 2. The van der Waals surface area contributed by atoms with Gasteiger partial charge in [-0.25, -0.2) is 4.98 Å². The predicted molar refractivity (Wildman–Crippen MR) is 271 cm³/mol. The Morgan fingerprint density at radius 1 is 0.822 bits per heavy atom. The minimum absolute atomic E-state index is 0.00253. The van der Waals surface area contributed by atoms with Crippen LogP contribution in [0.25, 0.3) is 10.9 Å². The number of carbonyl (C=O) groups is 9. The molecule has 0 saturated heterocycles. The summed E-state index contributed by atoms with van der Waals surface area (Å²) in [4.78, 5) is 128. The van der Waals surface area contributed by atoms with Gasteiger partial charge in [-0.3, -0.25) is 43.2 Å². The van der Waals surface area contributed by atoms with E-state index in [-0.39, 0.29) is 43.9 Å². The zero-order valence-corrected chi connectivity index (χ0v) is 43.1. The van der Waals surface area contributed by atoms with Gasteiger partial charge in [-0.15, -0.1) is 0 Å². The summed E-state index contributed by atoms with van der Waals surface area (Å²) in [5, 5.41) is 28.3. The van der Waals surface area contributed by atoms with Gasteiger partial charge in [0.1, 0.15) is 30.2 Å². The van der Waals surface area contributed by atoms with Gasteiger partial charge < -0.3 is 68.7 Å². The molecule has 1 aliphatic rings. The van der Waals surface area contributed by atoms with E-state index in [1.807, 2.05) is 38.1 Å². The first kappa shape index (κ1) is 58.7. The third kappa shape index (κ3) is 18.3. The number of H-pyrrole nitrogens is 1. The summed E-state index contributed by atoms with van der Waals surface area (Å²) in [5.41, 5.74) is 18.9. The van der Waals surface area contributed by atoms with E-state index in [9.17, 15) is 48.3 Å². The number of aliphatic hydroxyl groups excluding tert-OH is 1. The number of amides is 9. The number of benzene rings is 1. The van der Waals surface area contributed by atoms with Gasteiger partial charge in [-0.2, -0.15) is 0 Å². The molecule has 23 nitrogen and oxygen atoms in total. The van der Waals surface area contributed by atoms with Crippen LogP contribution in [0.5, 0.6) is 0 Å². The first-order valence-electron chi connectivity index (χ1n) is 25.0. The number of para-hydroxylation sites is 1. The van der Waals surface area contributed by atoms with Gasteiger partial charge in [0, 0.05) is 62.3 Å². The Morgan fingerprint density at radius 2 is 1.47 bits per heavy atom. The van der Waals surface area contributed by atoms with E-state index in [1.165, 1.54) is 26.5 Å². The van der Waals surface area contributed by atoms with Gasteiger partial charge in [-0.1, -0.05) is 71.6 Å². The van der Waals surface area contributed by atoms with Crippen molar-refractivity contribution in [1.82, 2.24) is 51.3 Å². The standard InChI is InChI=1S/C50H77N13O10/c1-27(2)18-36(40(64)22-42(66)57-37(45(53)68)19-30-12-8-9-13-30)59-49(72)39(21-32-24-54-26-63(32)7)58-43(67)25-62(6)50(73)44(28(3)4)61-46(69)29(5)56-48(71)38(60-47(70)34(51)16-17-41(52)65)20-31-23-55-35-15-11-10-14-33(31)35/h10-11,14-15,23-24,26-30,34,36-40,44,55,64H,8-9,12-13,16-22,25,51H2,1-7H3,(H2,52,65)(H2,53,68)(H,56,71)(H,57,66)(H,58,67)(H,59,72)(H,60,70)(H,61,69)/t29-,34-,36+,37-,38-,39-,40+,44-/m0/s1. The first-order valence-corrected chi connectivity index (χ1v) is 25.0. The maximum absolute atomic E-state index is 14.1. The highest BCUT2D eigenvalue weighted by Crippen LogP contribution is 2.28. The third-order valence-electron chi connectivity index (χ3n) is 13.1. The van der Waals surface area contributed by atoms with Crippen LogP contribution < -0.4 is 49.1 Å². The SMILES string of the molecule is CC(C)C[C@@H](NC(=O)[C@H](Cc1cncn1C)NC(=O)CN(C)C(=O)[C@@H](NC(=O)[C@H](C)NC(=O)[C@H](Cc1c[nH]c2ccccc12)NC(=O)[C@@H](N)CCC(N)=O)C(C)C)[C@H](O)CC(=O)N[C@@H](CC1CCCC1)C(N)=O. The number of fused-ring (bicyclic) bond motifs is 1. The minimum Gasteiger partial charge on any atom is -0.390 e. The molecule has 1 aromatic carbocycles. The molecular formula is C50H77N13O10. The van der Waals surface area contributed by atoms with Crippen LogP contribution in [-0.2, 0) is 63.0 Å². The number of nitrogens with two attached hydrogens (primary N) is 3. The Morgan fingerprint density at radius 3 is 2.08 bits per heavy atom. The minimum atomic E-state index is -1.38. The lowest BCUT2D eigenvalue weighted by Gasteiger charge is -2.30. The molecule has 0 unspecified atom stereocenters. The normalized spacial score (nSPS) is 16.0. The summed E-state index contributed by atoms with van der Waals surface area (Å²) in [6.07, 6.45) is 7.32. The Kier molecular flexibility index (Phi) is 22.4. The molecular weight excluding hydrogens is 943 g/mol. The molecule has 1 fully saturated rings. The molecule has 2 aromatic heterocycles. The average Bonchev–Trinajstić information content (AvgIpc) is 4.10. The van der Waals surface area contributed by atoms with E-state index in [1.54, 1.807) is 31.7 Å². The van der Waals surface area contributed by atoms with Gasteiger partial charge in [0.15, 0.2) is 0 Å². The topological polar surface area (TPSA) is 361 Å². The van der Waals surface area contributed by atoms with Gasteiger partial charge in [-0.05, 0) is 55.6 Å². The fourth-order valence-electron chi connectivity index (χ4n) is 8.89. The Bertz CT molecular complexity index is 2400. The van der Waals surface area contributed by atoms with Crippen molar-refractivity contribution in [2.75, 3.05) is 13.6 Å². The van der Waals surface area contributed by atoms with Crippen molar-refractivity contribution in [3.05, 3.63) is 54.2 Å². The highest BCUT2D eigenvalue weighted by Gasteiger charge is 2.35. The number of nitrogens with one attached hydrogen (secondary N) is 7. The molecule has 23 heteroatoms. The van der Waals surface area contributed by atoms with Crippen molar-refractivity contribution in [3.8, 4) is 0 Å². The largest absolute Gasteiger partial charge is 0.390 e. The molecule has 0 aliphatic heterocycles. The molecule has 2 heterocycles. The molecule has 1 saturated carbocycles.